The first-order valence-electron chi connectivity index (χ1n) is 10.8. The fourth-order valence-corrected chi connectivity index (χ4v) is 4.29. The highest BCUT2D eigenvalue weighted by molar-refractivity contribution is 6.30. The van der Waals surface area contributed by atoms with E-state index in [0.29, 0.717) is 6.54 Å². The molecule has 0 saturated carbocycles. The number of nitrogens with zero attached hydrogens (tertiary/aromatic N) is 4. The van der Waals surface area contributed by atoms with Crippen LogP contribution in [0.5, 0.6) is 0 Å². The standard InChI is InChI=1S/C25H29ClN4O/c1-18-23(16-20-8-10-22(26)11-9-20)25(28-19(2)27-18)30-14-12-29(13-15-30)17-24(31)21-6-4-3-5-7-21/h3-11,24,31H,12-17H2,1-2H3. The molecule has 2 aromatic carbocycles. The normalized spacial score (nSPS) is 15.8. The first-order chi connectivity index (χ1) is 15.0. The van der Waals surface area contributed by atoms with E-state index in [1.165, 1.54) is 11.1 Å². The van der Waals surface area contributed by atoms with Crippen molar-refractivity contribution in [2.45, 2.75) is 26.4 Å². The van der Waals surface area contributed by atoms with Crippen molar-refractivity contribution in [3.05, 3.63) is 87.8 Å². The van der Waals surface area contributed by atoms with Crippen molar-refractivity contribution in [3.63, 3.8) is 0 Å². The topological polar surface area (TPSA) is 52.5 Å². The first kappa shape index (κ1) is 21.8. The summed E-state index contributed by atoms with van der Waals surface area (Å²) in [6.45, 7) is 8.22. The van der Waals surface area contributed by atoms with E-state index in [1.807, 2.05) is 49.4 Å². The van der Waals surface area contributed by atoms with Crippen LogP contribution in [0, 0.1) is 13.8 Å². The summed E-state index contributed by atoms with van der Waals surface area (Å²) in [5, 5.41) is 11.3. The number of benzene rings is 2. The van der Waals surface area contributed by atoms with Crippen LogP contribution < -0.4 is 4.90 Å². The van der Waals surface area contributed by atoms with Gasteiger partial charge in [0, 0.05) is 55.4 Å². The number of aryl methyl sites for hydroxylation is 2. The van der Waals surface area contributed by atoms with E-state index in [2.05, 4.69) is 33.8 Å². The van der Waals surface area contributed by atoms with Gasteiger partial charge < -0.3 is 10.0 Å². The summed E-state index contributed by atoms with van der Waals surface area (Å²) in [6, 6.07) is 17.9. The second-order valence-electron chi connectivity index (χ2n) is 8.18. The van der Waals surface area contributed by atoms with Gasteiger partial charge >= 0.3 is 0 Å². The molecule has 162 valence electrons. The lowest BCUT2D eigenvalue weighted by Crippen LogP contribution is -2.48. The third-order valence-electron chi connectivity index (χ3n) is 5.89. The number of hydrogen-bond acceptors (Lipinski definition) is 5. The van der Waals surface area contributed by atoms with Crippen molar-refractivity contribution >= 4 is 17.4 Å². The molecule has 1 aliphatic heterocycles. The lowest BCUT2D eigenvalue weighted by Gasteiger charge is -2.37. The van der Waals surface area contributed by atoms with Crippen LogP contribution in [0.2, 0.25) is 5.02 Å². The maximum Gasteiger partial charge on any atom is 0.136 e. The van der Waals surface area contributed by atoms with E-state index in [-0.39, 0.29) is 0 Å². The zero-order valence-electron chi connectivity index (χ0n) is 18.1. The lowest BCUT2D eigenvalue weighted by atomic mass is 10.0. The predicted octanol–water partition coefficient (Wildman–Crippen LogP) is 4.19. The molecule has 1 aromatic heterocycles. The maximum absolute atomic E-state index is 10.6. The van der Waals surface area contributed by atoms with E-state index >= 15 is 0 Å². The Balaban J connectivity index is 1.46. The molecule has 0 amide bonds. The number of piperazine rings is 1. The fourth-order valence-electron chi connectivity index (χ4n) is 4.16. The molecule has 4 rings (SSSR count). The van der Waals surface area contributed by atoms with E-state index in [1.54, 1.807) is 0 Å². The molecule has 0 radical (unpaired) electrons. The van der Waals surface area contributed by atoms with Crippen LogP contribution in [0.15, 0.2) is 54.6 Å². The third kappa shape index (κ3) is 5.42. The Bertz CT molecular complexity index is 1000. The Labute approximate surface area is 189 Å². The molecule has 0 bridgehead atoms. The monoisotopic (exact) mass is 436 g/mol. The van der Waals surface area contributed by atoms with Gasteiger partial charge in [-0.15, -0.1) is 0 Å². The summed E-state index contributed by atoms with van der Waals surface area (Å²) in [5.41, 5.74) is 4.37. The van der Waals surface area contributed by atoms with Crippen LogP contribution in [0.1, 0.15) is 34.3 Å². The van der Waals surface area contributed by atoms with Gasteiger partial charge in [0.15, 0.2) is 0 Å². The van der Waals surface area contributed by atoms with Crippen LogP contribution in [0.3, 0.4) is 0 Å². The molecule has 0 aliphatic carbocycles. The van der Waals surface area contributed by atoms with Gasteiger partial charge in [-0.25, -0.2) is 9.97 Å². The Hall–Kier alpha value is -2.47. The first-order valence-corrected chi connectivity index (χ1v) is 11.2. The largest absolute Gasteiger partial charge is 0.387 e. The van der Waals surface area contributed by atoms with Crippen molar-refractivity contribution in [2.24, 2.45) is 0 Å². The molecular formula is C25H29ClN4O. The molecule has 5 nitrogen and oxygen atoms in total. The number of aliphatic hydroxyl groups is 1. The highest BCUT2D eigenvalue weighted by atomic mass is 35.5. The smallest absolute Gasteiger partial charge is 0.136 e. The van der Waals surface area contributed by atoms with Crippen molar-refractivity contribution in [2.75, 3.05) is 37.6 Å². The van der Waals surface area contributed by atoms with E-state index in [4.69, 9.17) is 16.6 Å². The van der Waals surface area contributed by atoms with Gasteiger partial charge in [0.05, 0.1) is 6.10 Å². The minimum Gasteiger partial charge on any atom is -0.387 e. The molecule has 1 atom stereocenters. The van der Waals surface area contributed by atoms with Crippen molar-refractivity contribution in [1.82, 2.24) is 14.9 Å². The summed E-state index contributed by atoms with van der Waals surface area (Å²) < 4.78 is 0. The van der Waals surface area contributed by atoms with Gasteiger partial charge in [-0.1, -0.05) is 54.1 Å². The van der Waals surface area contributed by atoms with E-state index in [9.17, 15) is 5.11 Å². The van der Waals surface area contributed by atoms with Gasteiger partial charge in [-0.2, -0.15) is 0 Å². The van der Waals surface area contributed by atoms with Gasteiger partial charge in [-0.05, 0) is 37.1 Å². The average molecular weight is 437 g/mol. The summed E-state index contributed by atoms with van der Waals surface area (Å²) >= 11 is 6.05. The van der Waals surface area contributed by atoms with Gasteiger partial charge in [0.25, 0.3) is 0 Å². The van der Waals surface area contributed by atoms with Crippen LogP contribution in [0.4, 0.5) is 5.82 Å². The third-order valence-corrected chi connectivity index (χ3v) is 6.14. The molecule has 1 N–H and O–H groups in total. The molecule has 0 spiro atoms. The highest BCUT2D eigenvalue weighted by Crippen LogP contribution is 2.26. The Kier molecular flexibility index (Phi) is 6.86. The molecule has 1 unspecified atom stereocenters. The fraction of sp³-hybridized carbons (Fsp3) is 0.360. The zero-order valence-corrected chi connectivity index (χ0v) is 18.9. The molecule has 6 heteroatoms. The van der Waals surface area contributed by atoms with Crippen LogP contribution in [-0.4, -0.2) is 52.7 Å². The molecule has 2 heterocycles. The van der Waals surface area contributed by atoms with Gasteiger partial charge in [0.1, 0.15) is 11.6 Å². The SMILES string of the molecule is Cc1nc(C)c(Cc2ccc(Cl)cc2)c(N2CCN(CC(O)c3ccccc3)CC2)n1. The molecular weight excluding hydrogens is 408 g/mol. The average Bonchev–Trinajstić information content (AvgIpc) is 2.78. The summed E-state index contributed by atoms with van der Waals surface area (Å²) in [6.07, 6.45) is 0.322. The zero-order chi connectivity index (χ0) is 21.8. The Morgan fingerprint density at radius 1 is 0.935 bits per heavy atom. The molecule has 31 heavy (non-hydrogen) atoms. The second-order valence-corrected chi connectivity index (χ2v) is 8.61. The molecule has 3 aromatic rings. The van der Waals surface area contributed by atoms with E-state index in [0.717, 1.165) is 60.5 Å². The number of hydrogen-bond donors (Lipinski definition) is 1. The molecule has 1 aliphatic rings. The molecule has 1 fully saturated rings. The number of β-amino-alcohol motifs (C(OH)–C–C–N with tert-alkyl or cyclic N) is 1. The minimum atomic E-state index is -0.461. The van der Waals surface area contributed by atoms with Crippen molar-refractivity contribution in [3.8, 4) is 0 Å². The van der Waals surface area contributed by atoms with Gasteiger partial charge in [0.2, 0.25) is 0 Å². The van der Waals surface area contributed by atoms with E-state index < -0.39 is 6.10 Å². The lowest BCUT2D eigenvalue weighted by molar-refractivity contribution is 0.109. The number of halogens is 1. The summed E-state index contributed by atoms with van der Waals surface area (Å²) in [5.74, 6) is 1.83. The predicted molar refractivity (Wildman–Crippen MR) is 126 cm³/mol. The summed E-state index contributed by atoms with van der Waals surface area (Å²) in [4.78, 5) is 14.1. The van der Waals surface area contributed by atoms with Crippen LogP contribution in [0.25, 0.3) is 0 Å². The minimum absolute atomic E-state index is 0.461. The van der Waals surface area contributed by atoms with Gasteiger partial charge in [-0.3, -0.25) is 4.90 Å². The number of rotatable bonds is 6. The maximum atomic E-state index is 10.6. The number of aromatic nitrogens is 2. The second kappa shape index (κ2) is 9.77. The quantitative estimate of drug-likeness (QED) is 0.627. The highest BCUT2D eigenvalue weighted by Gasteiger charge is 2.24. The Morgan fingerprint density at radius 3 is 2.29 bits per heavy atom. The van der Waals surface area contributed by atoms with Crippen molar-refractivity contribution < 1.29 is 5.11 Å². The molecule has 1 saturated heterocycles. The van der Waals surface area contributed by atoms with Crippen molar-refractivity contribution in [1.29, 1.82) is 0 Å². The number of anilines is 1. The van der Waals surface area contributed by atoms with Crippen LogP contribution >= 0.6 is 11.6 Å². The Morgan fingerprint density at radius 2 is 1.61 bits per heavy atom. The number of aliphatic hydroxyl groups excluding tert-OH is 1. The van der Waals surface area contributed by atoms with Crippen LogP contribution in [-0.2, 0) is 6.42 Å². The summed E-state index contributed by atoms with van der Waals surface area (Å²) in [7, 11) is 0.